The van der Waals surface area contributed by atoms with Gasteiger partial charge in [-0.3, -0.25) is 9.89 Å². The van der Waals surface area contributed by atoms with E-state index in [1.54, 1.807) is 4.90 Å². The van der Waals surface area contributed by atoms with Crippen LogP contribution in [-0.2, 0) is 0 Å². The topological polar surface area (TPSA) is 106 Å². The summed E-state index contributed by atoms with van der Waals surface area (Å²) in [5.74, 6) is 0.703. The summed E-state index contributed by atoms with van der Waals surface area (Å²) in [4.78, 5) is 25.7. The van der Waals surface area contributed by atoms with Gasteiger partial charge in [0.25, 0.3) is 17.7 Å². The maximum absolute atomic E-state index is 12.1. The highest BCUT2D eigenvalue weighted by atomic mass is 16.5. The van der Waals surface area contributed by atoms with Crippen LogP contribution in [0.15, 0.2) is 18.7 Å². The van der Waals surface area contributed by atoms with Gasteiger partial charge < -0.3 is 14.4 Å². The highest BCUT2D eigenvalue weighted by Crippen LogP contribution is 2.24. The molecule has 0 radical (unpaired) electrons. The van der Waals surface area contributed by atoms with Crippen LogP contribution in [0.4, 0.5) is 0 Å². The standard InChI is InChI=1S/C12H14N6O3/c1-20-10-11(14-4-3-13-10)21-8-2-5-18(6-8)12(19)9-15-7-16-17-9/h3-4,7-8H,2,5-6H2,1H3,(H,15,16,17). The summed E-state index contributed by atoms with van der Waals surface area (Å²) >= 11 is 0. The van der Waals surface area contributed by atoms with Crippen LogP contribution in [-0.4, -0.2) is 62.3 Å². The van der Waals surface area contributed by atoms with Gasteiger partial charge in [-0.2, -0.15) is 5.10 Å². The number of ether oxygens (including phenoxy) is 2. The maximum atomic E-state index is 12.1. The number of carbonyl (C=O) groups excluding carboxylic acids is 1. The molecule has 0 aromatic carbocycles. The summed E-state index contributed by atoms with van der Waals surface area (Å²) in [7, 11) is 1.51. The van der Waals surface area contributed by atoms with Crippen LogP contribution >= 0.6 is 0 Å². The van der Waals surface area contributed by atoms with Crippen LogP contribution < -0.4 is 9.47 Å². The summed E-state index contributed by atoms with van der Waals surface area (Å²) in [5.41, 5.74) is 0. The Morgan fingerprint density at radius 3 is 2.86 bits per heavy atom. The smallest absolute Gasteiger partial charge is 0.291 e. The van der Waals surface area contributed by atoms with E-state index in [0.717, 1.165) is 0 Å². The first kappa shape index (κ1) is 13.3. The van der Waals surface area contributed by atoms with E-state index in [4.69, 9.17) is 9.47 Å². The predicted octanol–water partition coefficient (Wildman–Crippen LogP) is -0.103. The van der Waals surface area contributed by atoms with Crippen molar-refractivity contribution in [2.75, 3.05) is 20.2 Å². The second-order valence-corrected chi connectivity index (χ2v) is 4.48. The Bertz CT molecular complexity index is 617. The molecule has 0 aliphatic carbocycles. The first-order valence-electron chi connectivity index (χ1n) is 6.44. The van der Waals surface area contributed by atoms with E-state index < -0.39 is 0 Å². The molecule has 1 fully saturated rings. The lowest BCUT2D eigenvalue weighted by molar-refractivity contribution is 0.0758. The summed E-state index contributed by atoms with van der Waals surface area (Å²) in [6.45, 7) is 1.05. The monoisotopic (exact) mass is 290 g/mol. The average molecular weight is 290 g/mol. The summed E-state index contributed by atoms with van der Waals surface area (Å²) in [5, 5.41) is 6.24. The molecule has 9 nitrogen and oxygen atoms in total. The fourth-order valence-electron chi connectivity index (χ4n) is 2.16. The number of hydrogen-bond acceptors (Lipinski definition) is 7. The van der Waals surface area contributed by atoms with Crippen molar-refractivity contribution >= 4 is 5.91 Å². The van der Waals surface area contributed by atoms with Gasteiger partial charge in [0, 0.05) is 25.4 Å². The molecule has 3 heterocycles. The van der Waals surface area contributed by atoms with Crippen molar-refractivity contribution in [2.45, 2.75) is 12.5 Å². The molecular formula is C12H14N6O3. The number of nitrogens with one attached hydrogen (secondary N) is 1. The van der Waals surface area contributed by atoms with Gasteiger partial charge in [0.1, 0.15) is 12.4 Å². The van der Waals surface area contributed by atoms with Gasteiger partial charge in [0.05, 0.1) is 13.7 Å². The van der Waals surface area contributed by atoms with Gasteiger partial charge in [-0.1, -0.05) is 0 Å². The molecule has 3 rings (SSSR count). The van der Waals surface area contributed by atoms with Gasteiger partial charge in [0.2, 0.25) is 5.82 Å². The van der Waals surface area contributed by atoms with Crippen LogP contribution in [0.5, 0.6) is 11.8 Å². The van der Waals surface area contributed by atoms with Crippen LogP contribution in [0.3, 0.4) is 0 Å². The number of carbonyl (C=O) groups is 1. The van der Waals surface area contributed by atoms with E-state index in [-0.39, 0.29) is 17.8 Å². The molecular weight excluding hydrogens is 276 g/mol. The Morgan fingerprint density at radius 2 is 2.14 bits per heavy atom. The molecule has 1 aliphatic rings. The van der Waals surface area contributed by atoms with Gasteiger partial charge in [0.15, 0.2) is 0 Å². The molecule has 1 amide bonds. The van der Waals surface area contributed by atoms with Crippen LogP contribution in [0, 0.1) is 0 Å². The molecule has 2 aromatic heterocycles. The molecule has 0 bridgehead atoms. The summed E-state index contributed by atoms with van der Waals surface area (Å²) in [6.07, 6.45) is 4.92. The zero-order valence-electron chi connectivity index (χ0n) is 11.4. The number of aromatic amines is 1. The van der Waals surface area contributed by atoms with Gasteiger partial charge in [-0.25, -0.2) is 15.0 Å². The Labute approximate surface area is 120 Å². The molecule has 21 heavy (non-hydrogen) atoms. The van der Waals surface area contributed by atoms with E-state index in [0.29, 0.717) is 31.3 Å². The lowest BCUT2D eigenvalue weighted by Crippen LogP contribution is -2.31. The molecule has 1 saturated heterocycles. The number of aromatic nitrogens is 5. The van der Waals surface area contributed by atoms with E-state index >= 15 is 0 Å². The Balaban J connectivity index is 1.63. The zero-order valence-corrected chi connectivity index (χ0v) is 11.4. The second-order valence-electron chi connectivity index (χ2n) is 4.48. The number of likely N-dealkylation sites (tertiary alicyclic amines) is 1. The van der Waals surface area contributed by atoms with Crippen molar-refractivity contribution in [1.29, 1.82) is 0 Å². The Kier molecular flexibility index (Phi) is 3.63. The van der Waals surface area contributed by atoms with Gasteiger partial charge in [-0.05, 0) is 0 Å². The molecule has 110 valence electrons. The fraction of sp³-hybridized carbons (Fsp3) is 0.417. The Hall–Kier alpha value is -2.71. The third kappa shape index (κ3) is 2.76. The molecule has 1 N–H and O–H groups in total. The highest BCUT2D eigenvalue weighted by Gasteiger charge is 2.30. The SMILES string of the molecule is COc1nccnc1OC1CCN(C(=O)c2ncn[nH]2)C1. The number of methoxy groups -OCH3 is 1. The predicted molar refractivity (Wildman–Crippen MR) is 69.9 cm³/mol. The third-order valence-corrected chi connectivity index (χ3v) is 3.15. The average Bonchev–Trinajstić information content (AvgIpc) is 3.19. The highest BCUT2D eigenvalue weighted by molar-refractivity contribution is 5.90. The molecule has 1 unspecified atom stereocenters. The van der Waals surface area contributed by atoms with E-state index in [1.807, 2.05) is 0 Å². The molecule has 0 spiro atoms. The molecule has 1 atom stereocenters. The van der Waals surface area contributed by atoms with E-state index in [2.05, 4.69) is 25.1 Å². The normalized spacial score (nSPS) is 17.8. The molecule has 9 heteroatoms. The molecule has 1 aliphatic heterocycles. The van der Waals surface area contributed by atoms with E-state index in [1.165, 1.54) is 25.8 Å². The number of hydrogen-bond donors (Lipinski definition) is 1. The minimum atomic E-state index is -0.190. The largest absolute Gasteiger partial charge is 0.477 e. The van der Waals surface area contributed by atoms with Crippen LogP contribution in [0.2, 0.25) is 0 Å². The number of H-pyrrole nitrogens is 1. The maximum Gasteiger partial charge on any atom is 0.291 e. The quantitative estimate of drug-likeness (QED) is 0.837. The fourth-order valence-corrected chi connectivity index (χ4v) is 2.16. The number of nitrogens with zero attached hydrogens (tertiary/aromatic N) is 5. The van der Waals surface area contributed by atoms with Crippen molar-refractivity contribution in [1.82, 2.24) is 30.0 Å². The van der Waals surface area contributed by atoms with Crippen molar-refractivity contribution in [3.63, 3.8) is 0 Å². The van der Waals surface area contributed by atoms with Gasteiger partial charge in [-0.15, -0.1) is 0 Å². The lowest BCUT2D eigenvalue weighted by Gasteiger charge is -2.16. The number of rotatable bonds is 4. The van der Waals surface area contributed by atoms with Crippen LogP contribution in [0.1, 0.15) is 17.0 Å². The Morgan fingerprint density at radius 1 is 1.33 bits per heavy atom. The van der Waals surface area contributed by atoms with E-state index in [9.17, 15) is 4.79 Å². The molecule has 0 saturated carbocycles. The first-order chi connectivity index (χ1) is 10.3. The minimum Gasteiger partial charge on any atom is -0.477 e. The van der Waals surface area contributed by atoms with Crippen molar-refractivity contribution in [3.05, 3.63) is 24.5 Å². The number of amides is 1. The summed E-state index contributed by atoms with van der Waals surface area (Å²) in [6, 6.07) is 0. The molecule has 2 aromatic rings. The van der Waals surface area contributed by atoms with Gasteiger partial charge >= 0.3 is 0 Å². The van der Waals surface area contributed by atoms with Crippen molar-refractivity contribution < 1.29 is 14.3 Å². The second kappa shape index (κ2) is 5.73. The summed E-state index contributed by atoms with van der Waals surface area (Å²) < 4.78 is 10.8. The zero-order chi connectivity index (χ0) is 14.7. The minimum absolute atomic E-state index is 0.150. The van der Waals surface area contributed by atoms with Crippen molar-refractivity contribution in [2.24, 2.45) is 0 Å². The van der Waals surface area contributed by atoms with Crippen LogP contribution in [0.25, 0.3) is 0 Å². The third-order valence-electron chi connectivity index (χ3n) is 3.15. The first-order valence-corrected chi connectivity index (χ1v) is 6.44. The van der Waals surface area contributed by atoms with Crippen molar-refractivity contribution in [3.8, 4) is 11.8 Å². The lowest BCUT2D eigenvalue weighted by atomic mass is 10.3.